The Kier molecular flexibility index (Phi) is 5.42. The highest BCUT2D eigenvalue weighted by atomic mass is 32.2. The quantitative estimate of drug-likeness (QED) is 0.624. The minimum atomic E-state index is -3.64. The highest BCUT2D eigenvalue weighted by molar-refractivity contribution is 7.89. The molecule has 1 aromatic heterocycles. The normalized spacial score (nSPS) is 15.8. The van der Waals surface area contributed by atoms with Gasteiger partial charge in [-0.3, -0.25) is 9.78 Å². The van der Waals surface area contributed by atoms with E-state index in [0.29, 0.717) is 18.5 Å². The summed E-state index contributed by atoms with van der Waals surface area (Å²) in [7, 11) is -3.64. The summed E-state index contributed by atoms with van der Waals surface area (Å²) in [6.45, 7) is 1.27. The van der Waals surface area contributed by atoms with Crippen molar-refractivity contribution in [2.45, 2.75) is 4.90 Å². The molecular formula is C22H21N3O3S. The maximum absolute atomic E-state index is 13.2. The monoisotopic (exact) mass is 407 g/mol. The summed E-state index contributed by atoms with van der Waals surface area (Å²) >= 11 is 0. The second kappa shape index (κ2) is 8.14. The number of carbonyl (C=O) groups excluding carboxylic acids is 1. The molecule has 0 spiro atoms. The molecule has 1 saturated heterocycles. The van der Waals surface area contributed by atoms with E-state index in [1.165, 1.54) is 10.4 Å². The molecule has 0 N–H and O–H groups in total. The van der Waals surface area contributed by atoms with Crippen LogP contribution in [0.25, 0.3) is 16.8 Å². The molecule has 2 heterocycles. The Labute approximate surface area is 170 Å². The van der Waals surface area contributed by atoms with E-state index in [1.54, 1.807) is 41.6 Å². The highest BCUT2D eigenvalue weighted by Crippen LogP contribution is 2.25. The van der Waals surface area contributed by atoms with E-state index >= 15 is 0 Å². The number of benzene rings is 2. The van der Waals surface area contributed by atoms with Crippen molar-refractivity contribution in [3.05, 3.63) is 78.6 Å². The third-order valence-corrected chi connectivity index (χ3v) is 6.98. The lowest BCUT2D eigenvalue weighted by molar-refractivity contribution is -0.127. The first-order chi connectivity index (χ1) is 14.1. The molecule has 0 radical (unpaired) electrons. The molecule has 7 heteroatoms. The number of amides is 1. The van der Waals surface area contributed by atoms with Gasteiger partial charge in [0.2, 0.25) is 15.9 Å². The zero-order valence-electron chi connectivity index (χ0n) is 15.8. The van der Waals surface area contributed by atoms with Gasteiger partial charge in [-0.15, -0.1) is 0 Å². The number of rotatable bonds is 4. The Morgan fingerprint density at radius 2 is 1.69 bits per heavy atom. The molecule has 0 saturated carbocycles. The Morgan fingerprint density at radius 3 is 2.45 bits per heavy atom. The van der Waals surface area contributed by atoms with Gasteiger partial charge in [0.1, 0.15) is 0 Å². The molecule has 1 amide bonds. The fourth-order valence-corrected chi connectivity index (χ4v) is 5.08. The van der Waals surface area contributed by atoms with Crippen molar-refractivity contribution in [3.8, 4) is 0 Å². The molecule has 0 unspecified atom stereocenters. The first-order valence-electron chi connectivity index (χ1n) is 9.41. The fraction of sp³-hybridized carbons (Fsp3) is 0.182. The topological polar surface area (TPSA) is 70.6 Å². The molecule has 2 aromatic carbocycles. The second-order valence-electron chi connectivity index (χ2n) is 6.83. The van der Waals surface area contributed by atoms with Gasteiger partial charge in [0, 0.05) is 55.4 Å². The first kappa shape index (κ1) is 19.3. The van der Waals surface area contributed by atoms with Crippen molar-refractivity contribution in [3.63, 3.8) is 0 Å². The number of nitrogens with zero attached hydrogens (tertiary/aromatic N) is 3. The lowest BCUT2D eigenvalue weighted by Crippen LogP contribution is -2.50. The van der Waals surface area contributed by atoms with Gasteiger partial charge in [0.25, 0.3) is 0 Å². The van der Waals surface area contributed by atoms with Crippen LogP contribution in [0.3, 0.4) is 0 Å². The zero-order chi connectivity index (χ0) is 20.3. The van der Waals surface area contributed by atoms with Gasteiger partial charge in [-0.05, 0) is 23.8 Å². The summed E-state index contributed by atoms with van der Waals surface area (Å²) in [5.41, 5.74) is 0.951. The van der Waals surface area contributed by atoms with E-state index in [9.17, 15) is 13.2 Å². The third-order valence-electron chi connectivity index (χ3n) is 5.03. The minimum absolute atomic E-state index is 0.109. The second-order valence-corrected chi connectivity index (χ2v) is 8.73. The Bertz CT molecular complexity index is 1150. The van der Waals surface area contributed by atoms with Gasteiger partial charge in [-0.25, -0.2) is 8.42 Å². The van der Waals surface area contributed by atoms with Crippen molar-refractivity contribution >= 4 is 32.8 Å². The van der Waals surface area contributed by atoms with Crippen LogP contribution in [0, 0.1) is 0 Å². The largest absolute Gasteiger partial charge is 0.337 e. The van der Waals surface area contributed by atoms with Gasteiger partial charge < -0.3 is 4.90 Å². The van der Waals surface area contributed by atoms with Gasteiger partial charge in [0.05, 0.1) is 4.90 Å². The molecule has 1 aliphatic rings. The standard InChI is InChI=1S/C22H21N3O3S/c26-22(10-9-18-5-2-1-3-6-18)24-13-15-25(16-14-24)29(27,28)21-8-4-7-19-17-23-12-11-20(19)21/h1-12,17H,13-16H2/b10-9+. The van der Waals surface area contributed by atoms with Crippen LogP contribution in [0.15, 0.2) is 78.0 Å². The molecule has 3 aromatic rings. The lowest BCUT2D eigenvalue weighted by Gasteiger charge is -2.33. The van der Waals surface area contributed by atoms with E-state index in [0.717, 1.165) is 10.9 Å². The average molecular weight is 407 g/mol. The molecule has 0 atom stereocenters. The summed E-state index contributed by atoms with van der Waals surface area (Å²) in [4.78, 5) is 18.5. The average Bonchev–Trinajstić information content (AvgIpc) is 2.78. The molecule has 29 heavy (non-hydrogen) atoms. The Hall–Kier alpha value is -3.03. The lowest BCUT2D eigenvalue weighted by atomic mass is 10.2. The van der Waals surface area contributed by atoms with Crippen molar-refractivity contribution in [1.82, 2.24) is 14.2 Å². The molecule has 148 valence electrons. The maximum atomic E-state index is 13.2. The summed E-state index contributed by atoms with van der Waals surface area (Å²) in [6, 6.07) is 16.5. The van der Waals surface area contributed by atoms with E-state index in [4.69, 9.17) is 0 Å². The maximum Gasteiger partial charge on any atom is 0.246 e. The van der Waals surface area contributed by atoms with Crippen molar-refractivity contribution in [2.24, 2.45) is 0 Å². The molecular weight excluding hydrogens is 386 g/mol. The summed E-state index contributed by atoms with van der Waals surface area (Å²) in [6.07, 6.45) is 6.56. The molecule has 1 aliphatic heterocycles. The minimum Gasteiger partial charge on any atom is -0.337 e. The number of carbonyl (C=O) groups is 1. The number of hydrogen-bond donors (Lipinski definition) is 0. The van der Waals surface area contributed by atoms with Crippen LogP contribution in [0.2, 0.25) is 0 Å². The molecule has 4 rings (SSSR count). The van der Waals surface area contributed by atoms with Crippen LogP contribution in [-0.2, 0) is 14.8 Å². The SMILES string of the molecule is O=C(/C=C/c1ccccc1)N1CCN(S(=O)(=O)c2cccc3cnccc23)CC1. The van der Waals surface area contributed by atoms with Crippen LogP contribution >= 0.6 is 0 Å². The van der Waals surface area contributed by atoms with Crippen LogP contribution in [0.5, 0.6) is 0 Å². The number of sulfonamides is 1. The number of hydrogen-bond acceptors (Lipinski definition) is 4. The predicted octanol–water partition coefficient (Wildman–Crippen LogP) is 2.78. The van der Waals surface area contributed by atoms with Crippen molar-refractivity contribution < 1.29 is 13.2 Å². The number of piperazine rings is 1. The molecule has 6 nitrogen and oxygen atoms in total. The van der Waals surface area contributed by atoms with Gasteiger partial charge >= 0.3 is 0 Å². The number of fused-ring (bicyclic) bond motifs is 1. The Morgan fingerprint density at radius 1 is 0.931 bits per heavy atom. The number of pyridine rings is 1. The van der Waals surface area contributed by atoms with Crippen LogP contribution < -0.4 is 0 Å². The fourth-order valence-electron chi connectivity index (χ4n) is 3.44. The summed E-state index contributed by atoms with van der Waals surface area (Å²) < 4.78 is 27.8. The van der Waals surface area contributed by atoms with Crippen LogP contribution in [0.4, 0.5) is 0 Å². The Balaban J connectivity index is 1.46. The first-order valence-corrected chi connectivity index (χ1v) is 10.8. The molecule has 0 aliphatic carbocycles. The van der Waals surface area contributed by atoms with E-state index < -0.39 is 10.0 Å². The summed E-state index contributed by atoms with van der Waals surface area (Å²) in [5.74, 6) is -0.109. The molecule has 0 bridgehead atoms. The third kappa shape index (κ3) is 4.06. The summed E-state index contributed by atoms with van der Waals surface area (Å²) in [5, 5.41) is 1.44. The van der Waals surface area contributed by atoms with E-state index in [2.05, 4.69) is 4.98 Å². The number of aromatic nitrogens is 1. The highest BCUT2D eigenvalue weighted by Gasteiger charge is 2.30. The molecule has 1 fully saturated rings. The van der Waals surface area contributed by atoms with Gasteiger partial charge in [-0.2, -0.15) is 4.31 Å². The van der Waals surface area contributed by atoms with Crippen molar-refractivity contribution in [2.75, 3.05) is 26.2 Å². The van der Waals surface area contributed by atoms with Gasteiger partial charge in [-0.1, -0.05) is 42.5 Å². The van der Waals surface area contributed by atoms with Crippen LogP contribution in [-0.4, -0.2) is 54.7 Å². The van der Waals surface area contributed by atoms with Gasteiger partial charge in [0.15, 0.2) is 0 Å². The smallest absolute Gasteiger partial charge is 0.246 e. The zero-order valence-corrected chi connectivity index (χ0v) is 16.6. The van der Waals surface area contributed by atoms with Crippen molar-refractivity contribution in [1.29, 1.82) is 0 Å². The van der Waals surface area contributed by atoms with Crippen LogP contribution in [0.1, 0.15) is 5.56 Å². The predicted molar refractivity (Wildman–Crippen MR) is 113 cm³/mol. The van der Waals surface area contributed by atoms with E-state index in [-0.39, 0.29) is 23.9 Å². The van der Waals surface area contributed by atoms with E-state index in [1.807, 2.05) is 36.4 Å².